The number of nitrogens with zero attached hydrogens (tertiary/aromatic N) is 4. The highest BCUT2D eigenvalue weighted by Gasteiger charge is 2.20. The van der Waals surface area contributed by atoms with E-state index in [4.69, 9.17) is 9.47 Å². The van der Waals surface area contributed by atoms with E-state index in [1.54, 1.807) is 18.2 Å². The molecule has 1 aliphatic rings. The van der Waals surface area contributed by atoms with Gasteiger partial charge < -0.3 is 14.4 Å². The van der Waals surface area contributed by atoms with E-state index in [1.807, 2.05) is 13.8 Å². The first kappa shape index (κ1) is 23.0. The van der Waals surface area contributed by atoms with Crippen molar-refractivity contribution in [3.8, 4) is 17.7 Å². The number of ether oxygens (including phenoxy) is 2. The Morgan fingerprint density at radius 1 is 1.15 bits per heavy atom. The minimum Gasteiger partial charge on any atom is -0.479 e. The number of rotatable bonds is 5. The SMILES string of the molecule is COc1ncc(C#Cc2c(C)ncnc2N2CCOCC2)cc1NS(=O)(=O)c1ccc(C)s1. The minimum atomic E-state index is -3.78. The van der Waals surface area contributed by atoms with Gasteiger partial charge in [0.15, 0.2) is 0 Å². The monoisotopic (exact) mass is 485 g/mol. The van der Waals surface area contributed by atoms with E-state index in [0.717, 1.165) is 29.5 Å². The normalized spacial score (nSPS) is 13.8. The maximum Gasteiger partial charge on any atom is 0.271 e. The van der Waals surface area contributed by atoms with E-state index in [1.165, 1.54) is 31.0 Å². The number of anilines is 2. The van der Waals surface area contributed by atoms with Gasteiger partial charge in [0, 0.05) is 29.7 Å². The molecule has 0 saturated carbocycles. The van der Waals surface area contributed by atoms with Crippen molar-refractivity contribution in [2.24, 2.45) is 0 Å². The molecule has 0 amide bonds. The van der Waals surface area contributed by atoms with E-state index in [9.17, 15) is 8.42 Å². The van der Waals surface area contributed by atoms with Gasteiger partial charge in [-0.2, -0.15) is 0 Å². The van der Waals surface area contributed by atoms with Gasteiger partial charge in [-0.15, -0.1) is 11.3 Å². The molecule has 1 fully saturated rings. The summed E-state index contributed by atoms with van der Waals surface area (Å²) in [4.78, 5) is 16.0. The molecule has 0 atom stereocenters. The molecule has 0 spiro atoms. The maximum atomic E-state index is 12.8. The zero-order valence-electron chi connectivity index (χ0n) is 18.5. The molecule has 4 rings (SSSR count). The highest BCUT2D eigenvalue weighted by atomic mass is 32.2. The van der Waals surface area contributed by atoms with Crippen molar-refractivity contribution in [1.82, 2.24) is 15.0 Å². The van der Waals surface area contributed by atoms with Gasteiger partial charge in [0.05, 0.1) is 31.6 Å². The molecule has 3 aromatic heterocycles. The largest absolute Gasteiger partial charge is 0.479 e. The molecule has 9 nitrogen and oxygen atoms in total. The topological polar surface area (TPSA) is 107 Å². The molecular weight excluding hydrogens is 462 g/mol. The van der Waals surface area contributed by atoms with Gasteiger partial charge in [0.25, 0.3) is 10.0 Å². The second-order valence-electron chi connectivity index (χ2n) is 7.26. The lowest BCUT2D eigenvalue weighted by Gasteiger charge is -2.28. The van der Waals surface area contributed by atoms with Gasteiger partial charge in [0.2, 0.25) is 5.88 Å². The lowest BCUT2D eigenvalue weighted by molar-refractivity contribution is 0.122. The van der Waals surface area contributed by atoms with Crippen molar-refractivity contribution < 1.29 is 17.9 Å². The fraction of sp³-hybridized carbons (Fsp3) is 0.318. The number of hydrogen-bond donors (Lipinski definition) is 1. The highest BCUT2D eigenvalue weighted by molar-refractivity contribution is 7.94. The van der Waals surface area contributed by atoms with E-state index in [2.05, 4.69) is 36.4 Å². The van der Waals surface area contributed by atoms with E-state index in [-0.39, 0.29) is 15.8 Å². The molecule has 0 aromatic carbocycles. The van der Waals surface area contributed by atoms with E-state index < -0.39 is 10.0 Å². The third kappa shape index (κ3) is 5.24. The van der Waals surface area contributed by atoms with Gasteiger partial charge in [-0.1, -0.05) is 11.8 Å². The first-order valence-corrected chi connectivity index (χ1v) is 12.5. The molecule has 0 unspecified atom stereocenters. The van der Waals surface area contributed by atoms with Crippen molar-refractivity contribution in [1.29, 1.82) is 0 Å². The van der Waals surface area contributed by atoms with Crippen LogP contribution in [0.5, 0.6) is 5.88 Å². The molecule has 11 heteroatoms. The smallest absolute Gasteiger partial charge is 0.271 e. The van der Waals surface area contributed by atoms with Crippen LogP contribution in [0.1, 0.15) is 21.7 Å². The number of aryl methyl sites for hydroxylation is 2. The van der Waals surface area contributed by atoms with Crippen LogP contribution in [0.4, 0.5) is 11.5 Å². The summed E-state index contributed by atoms with van der Waals surface area (Å²) >= 11 is 1.19. The average molecular weight is 486 g/mol. The summed E-state index contributed by atoms with van der Waals surface area (Å²) in [5.41, 5.74) is 2.21. The number of pyridine rings is 1. The second-order valence-corrected chi connectivity index (χ2v) is 10.5. The third-order valence-electron chi connectivity index (χ3n) is 4.93. The predicted octanol–water partition coefficient (Wildman–Crippen LogP) is 2.60. The Balaban J connectivity index is 1.66. The molecule has 33 heavy (non-hydrogen) atoms. The predicted molar refractivity (Wildman–Crippen MR) is 126 cm³/mol. The third-order valence-corrected chi connectivity index (χ3v) is 7.79. The Kier molecular flexibility index (Phi) is 6.78. The number of sulfonamides is 1. The van der Waals surface area contributed by atoms with E-state index in [0.29, 0.717) is 24.3 Å². The van der Waals surface area contributed by atoms with Crippen molar-refractivity contribution >= 4 is 32.9 Å². The summed E-state index contributed by atoms with van der Waals surface area (Å²) in [6, 6.07) is 4.93. The molecule has 3 aromatic rings. The summed E-state index contributed by atoms with van der Waals surface area (Å²) in [6.45, 7) is 6.44. The Hall–Kier alpha value is -3.20. The zero-order valence-corrected chi connectivity index (χ0v) is 20.1. The van der Waals surface area contributed by atoms with Crippen molar-refractivity contribution in [2.45, 2.75) is 18.1 Å². The van der Waals surface area contributed by atoms with Crippen LogP contribution >= 0.6 is 11.3 Å². The van der Waals surface area contributed by atoms with Gasteiger partial charge in [-0.3, -0.25) is 4.72 Å². The Labute approximate surface area is 196 Å². The van der Waals surface area contributed by atoms with Gasteiger partial charge in [-0.25, -0.2) is 23.4 Å². The van der Waals surface area contributed by atoms with Crippen LogP contribution in [0, 0.1) is 25.7 Å². The molecule has 0 radical (unpaired) electrons. The fourth-order valence-corrected chi connectivity index (χ4v) is 5.60. The Bertz CT molecular complexity index is 1320. The van der Waals surface area contributed by atoms with Crippen LogP contribution in [0.15, 0.2) is 34.9 Å². The van der Waals surface area contributed by atoms with Crippen molar-refractivity contribution in [3.63, 3.8) is 0 Å². The van der Waals surface area contributed by atoms with Crippen LogP contribution in [0.3, 0.4) is 0 Å². The molecule has 1 aliphatic heterocycles. The van der Waals surface area contributed by atoms with Gasteiger partial charge in [-0.05, 0) is 32.0 Å². The molecule has 0 aliphatic carbocycles. The summed E-state index contributed by atoms with van der Waals surface area (Å²) in [5, 5.41) is 0. The average Bonchev–Trinajstić information content (AvgIpc) is 3.26. The van der Waals surface area contributed by atoms with Crippen LogP contribution in [0.25, 0.3) is 0 Å². The van der Waals surface area contributed by atoms with Crippen molar-refractivity contribution in [2.75, 3.05) is 43.0 Å². The highest BCUT2D eigenvalue weighted by Crippen LogP contribution is 2.28. The minimum absolute atomic E-state index is 0.158. The molecule has 4 heterocycles. The van der Waals surface area contributed by atoms with Crippen LogP contribution in [-0.4, -0.2) is 56.8 Å². The number of hydrogen-bond acceptors (Lipinski definition) is 9. The van der Waals surface area contributed by atoms with Crippen LogP contribution < -0.4 is 14.4 Å². The Morgan fingerprint density at radius 2 is 1.94 bits per heavy atom. The molecule has 172 valence electrons. The van der Waals surface area contributed by atoms with Crippen LogP contribution in [0.2, 0.25) is 0 Å². The standard InChI is InChI=1S/C22H23N5O4S2/c1-15-4-7-20(32-15)33(28,29)26-19-12-17(13-23-22(19)30-3)5-6-18-16(2)24-14-25-21(18)27-8-10-31-11-9-27/h4,7,12-14,26H,8-11H2,1-3H3. The number of morpholine rings is 1. The van der Waals surface area contributed by atoms with Gasteiger partial charge >= 0.3 is 0 Å². The quantitative estimate of drug-likeness (QED) is 0.550. The summed E-state index contributed by atoms with van der Waals surface area (Å²) in [5.74, 6) is 7.12. The molecule has 1 N–H and O–H groups in total. The molecule has 0 bridgehead atoms. The number of thiophene rings is 1. The second kappa shape index (κ2) is 9.74. The van der Waals surface area contributed by atoms with Crippen LogP contribution in [-0.2, 0) is 14.8 Å². The zero-order chi connectivity index (χ0) is 23.4. The fourth-order valence-electron chi connectivity index (χ4n) is 3.26. The maximum absolute atomic E-state index is 12.8. The Morgan fingerprint density at radius 3 is 2.64 bits per heavy atom. The first-order chi connectivity index (χ1) is 15.9. The molecule has 1 saturated heterocycles. The number of methoxy groups -OCH3 is 1. The lowest BCUT2D eigenvalue weighted by atomic mass is 10.2. The first-order valence-electron chi connectivity index (χ1n) is 10.2. The van der Waals surface area contributed by atoms with E-state index >= 15 is 0 Å². The lowest BCUT2D eigenvalue weighted by Crippen LogP contribution is -2.37. The number of aromatic nitrogens is 3. The van der Waals surface area contributed by atoms with Gasteiger partial charge in [0.1, 0.15) is 22.0 Å². The molecular formula is C22H23N5O4S2. The summed E-state index contributed by atoms with van der Waals surface area (Å²) in [6.07, 6.45) is 3.06. The summed E-state index contributed by atoms with van der Waals surface area (Å²) in [7, 11) is -2.34. The number of nitrogens with one attached hydrogen (secondary N) is 1. The summed E-state index contributed by atoms with van der Waals surface area (Å²) < 4.78 is 39.0. The van der Waals surface area contributed by atoms with Crippen molar-refractivity contribution in [3.05, 3.63) is 52.4 Å².